The number of unbranched alkanes of at least 4 members (excludes halogenated alkanes) is 2. The first kappa shape index (κ1) is 12.2. The minimum atomic E-state index is 0.468. The van der Waals surface area contributed by atoms with E-state index in [2.05, 4.69) is 25.7 Å². The summed E-state index contributed by atoms with van der Waals surface area (Å²) in [6.07, 6.45) is 5.75. The molecule has 3 nitrogen and oxygen atoms in total. The molecule has 0 aliphatic heterocycles. The second-order valence-corrected chi connectivity index (χ2v) is 4.12. The van der Waals surface area contributed by atoms with Gasteiger partial charge in [0.25, 0.3) is 0 Å². The van der Waals surface area contributed by atoms with Crippen molar-refractivity contribution in [3.8, 4) is 0 Å². The Morgan fingerprint density at radius 2 is 2.27 bits per heavy atom. The van der Waals surface area contributed by atoms with Crippen molar-refractivity contribution in [2.45, 2.75) is 25.7 Å². The monoisotopic (exact) mass is 270 g/mol. The maximum atomic E-state index is 9.73. The highest BCUT2D eigenvalue weighted by Gasteiger charge is 1.96. The maximum Gasteiger partial charge on any atom is 0.417 e. The van der Waals surface area contributed by atoms with Gasteiger partial charge in [0.2, 0.25) is 0 Å². The number of pyridine rings is 1. The van der Waals surface area contributed by atoms with Gasteiger partial charge in [0.15, 0.2) is 0 Å². The standard InChI is InChI=1S/C11H13BrNO2/c12-10-5-6-13-11(8-10)4-2-1-3-7-15-9-14/h5-6,8H,1-4,7H2. The summed E-state index contributed by atoms with van der Waals surface area (Å²) in [5.74, 6) is 0. The number of aryl methyl sites for hydroxylation is 1. The van der Waals surface area contributed by atoms with Crippen LogP contribution in [0.4, 0.5) is 0 Å². The van der Waals surface area contributed by atoms with Crippen molar-refractivity contribution in [3.05, 3.63) is 28.5 Å². The molecule has 0 spiro atoms. The molecule has 0 unspecified atom stereocenters. The van der Waals surface area contributed by atoms with Gasteiger partial charge in [-0.1, -0.05) is 15.9 Å². The van der Waals surface area contributed by atoms with Crippen LogP contribution in [-0.4, -0.2) is 18.1 Å². The van der Waals surface area contributed by atoms with Crippen molar-refractivity contribution < 1.29 is 9.53 Å². The number of hydrogen-bond donors (Lipinski definition) is 0. The van der Waals surface area contributed by atoms with Crippen LogP contribution in [0.2, 0.25) is 0 Å². The molecule has 0 bridgehead atoms. The van der Waals surface area contributed by atoms with E-state index in [0.29, 0.717) is 6.61 Å². The number of halogens is 1. The molecule has 1 radical (unpaired) electrons. The van der Waals surface area contributed by atoms with Crippen LogP contribution in [0, 0.1) is 0 Å². The molecular formula is C11H13BrNO2. The fraction of sp³-hybridized carbons (Fsp3) is 0.455. The molecule has 0 saturated carbocycles. The van der Waals surface area contributed by atoms with Crippen molar-refractivity contribution in [2.75, 3.05) is 6.61 Å². The molecule has 0 N–H and O–H groups in total. The fourth-order valence-corrected chi connectivity index (χ4v) is 1.67. The second kappa shape index (κ2) is 7.40. The molecule has 0 amide bonds. The van der Waals surface area contributed by atoms with E-state index in [-0.39, 0.29) is 0 Å². The SMILES string of the molecule is O=[C]OCCCCCc1cc(Br)ccn1. The fourth-order valence-electron chi connectivity index (χ4n) is 1.28. The lowest BCUT2D eigenvalue weighted by Crippen LogP contribution is -1.94. The van der Waals surface area contributed by atoms with E-state index in [1.807, 2.05) is 12.1 Å². The van der Waals surface area contributed by atoms with E-state index in [4.69, 9.17) is 0 Å². The number of carbonyl (C=O) groups excluding carboxylic acids is 1. The summed E-state index contributed by atoms with van der Waals surface area (Å²) in [7, 11) is 0. The summed E-state index contributed by atoms with van der Waals surface area (Å²) in [4.78, 5) is 14.0. The molecule has 0 aromatic carbocycles. The van der Waals surface area contributed by atoms with Crippen LogP contribution in [-0.2, 0) is 16.0 Å². The van der Waals surface area contributed by atoms with E-state index in [1.165, 1.54) is 6.47 Å². The van der Waals surface area contributed by atoms with Gasteiger partial charge >= 0.3 is 6.47 Å². The van der Waals surface area contributed by atoms with Gasteiger partial charge in [-0.25, -0.2) is 4.79 Å². The summed E-state index contributed by atoms with van der Waals surface area (Å²) in [6, 6.07) is 3.94. The maximum absolute atomic E-state index is 9.73. The van der Waals surface area contributed by atoms with Crippen LogP contribution < -0.4 is 0 Å². The van der Waals surface area contributed by atoms with E-state index in [0.717, 1.165) is 35.8 Å². The van der Waals surface area contributed by atoms with E-state index >= 15 is 0 Å². The van der Waals surface area contributed by atoms with Gasteiger partial charge in [-0.15, -0.1) is 0 Å². The van der Waals surface area contributed by atoms with Crippen LogP contribution >= 0.6 is 15.9 Å². The van der Waals surface area contributed by atoms with Crippen molar-refractivity contribution >= 4 is 22.4 Å². The van der Waals surface area contributed by atoms with E-state index < -0.39 is 0 Å². The zero-order valence-corrected chi connectivity index (χ0v) is 10.00. The molecule has 1 rings (SSSR count). The lowest BCUT2D eigenvalue weighted by atomic mass is 10.1. The van der Waals surface area contributed by atoms with Crippen LogP contribution in [0.3, 0.4) is 0 Å². The summed E-state index contributed by atoms with van der Waals surface area (Å²) < 4.78 is 5.54. The zero-order chi connectivity index (χ0) is 10.9. The van der Waals surface area contributed by atoms with Gasteiger partial charge < -0.3 is 4.74 Å². The lowest BCUT2D eigenvalue weighted by molar-refractivity contribution is 0.269. The molecule has 0 aliphatic rings. The first-order chi connectivity index (χ1) is 7.33. The van der Waals surface area contributed by atoms with Gasteiger partial charge in [-0.3, -0.25) is 4.98 Å². The third kappa shape index (κ3) is 5.52. The lowest BCUT2D eigenvalue weighted by Gasteiger charge is -2.01. The van der Waals surface area contributed by atoms with Gasteiger partial charge in [-0.2, -0.15) is 0 Å². The largest absolute Gasteiger partial charge is 0.457 e. The predicted molar refractivity (Wildman–Crippen MR) is 61.1 cm³/mol. The molecule has 1 aromatic rings. The van der Waals surface area contributed by atoms with E-state index in [9.17, 15) is 4.79 Å². The summed E-state index contributed by atoms with van der Waals surface area (Å²) in [5.41, 5.74) is 1.09. The molecule has 4 heteroatoms. The number of rotatable bonds is 7. The Morgan fingerprint density at radius 3 is 3.00 bits per heavy atom. The van der Waals surface area contributed by atoms with Gasteiger partial charge in [0, 0.05) is 16.4 Å². The first-order valence-electron chi connectivity index (χ1n) is 4.92. The van der Waals surface area contributed by atoms with Gasteiger partial charge in [-0.05, 0) is 37.8 Å². The Labute approximate surface area is 98.0 Å². The second-order valence-electron chi connectivity index (χ2n) is 3.21. The molecule has 1 aromatic heterocycles. The minimum absolute atomic E-state index is 0.468. The van der Waals surface area contributed by atoms with Gasteiger partial charge in [0.05, 0.1) is 6.61 Å². The summed E-state index contributed by atoms with van der Waals surface area (Å²) >= 11 is 3.40. The molecule has 0 atom stereocenters. The minimum Gasteiger partial charge on any atom is -0.457 e. The summed E-state index contributed by atoms with van der Waals surface area (Å²) in [5, 5.41) is 0. The predicted octanol–water partition coefficient (Wildman–Crippen LogP) is 2.64. The number of nitrogens with zero attached hydrogens (tertiary/aromatic N) is 1. The van der Waals surface area contributed by atoms with Crippen molar-refractivity contribution in [1.29, 1.82) is 0 Å². The highest BCUT2D eigenvalue weighted by Crippen LogP contribution is 2.11. The Kier molecular flexibility index (Phi) is 6.00. The quantitative estimate of drug-likeness (QED) is 0.716. The average molecular weight is 271 g/mol. The Bertz CT molecular complexity index is 304. The van der Waals surface area contributed by atoms with Crippen LogP contribution in [0.1, 0.15) is 25.0 Å². The molecular weight excluding hydrogens is 258 g/mol. The number of aromatic nitrogens is 1. The van der Waals surface area contributed by atoms with Gasteiger partial charge in [0.1, 0.15) is 0 Å². The Morgan fingerprint density at radius 1 is 1.40 bits per heavy atom. The number of ether oxygens (including phenoxy) is 1. The third-order valence-electron chi connectivity index (χ3n) is 2.02. The Hall–Kier alpha value is -0.900. The van der Waals surface area contributed by atoms with Crippen LogP contribution in [0.15, 0.2) is 22.8 Å². The number of hydrogen-bond acceptors (Lipinski definition) is 3. The molecule has 0 saturated heterocycles. The third-order valence-corrected chi connectivity index (χ3v) is 2.51. The first-order valence-corrected chi connectivity index (χ1v) is 5.71. The highest BCUT2D eigenvalue weighted by molar-refractivity contribution is 9.10. The zero-order valence-electron chi connectivity index (χ0n) is 8.41. The average Bonchev–Trinajstić information content (AvgIpc) is 2.23. The van der Waals surface area contributed by atoms with E-state index in [1.54, 1.807) is 6.20 Å². The topological polar surface area (TPSA) is 39.2 Å². The molecule has 1 heterocycles. The molecule has 15 heavy (non-hydrogen) atoms. The van der Waals surface area contributed by atoms with Crippen LogP contribution in [0.5, 0.6) is 0 Å². The van der Waals surface area contributed by atoms with Crippen molar-refractivity contribution in [2.24, 2.45) is 0 Å². The molecule has 0 aliphatic carbocycles. The Balaban J connectivity index is 2.12. The molecule has 81 valence electrons. The normalized spacial score (nSPS) is 9.93. The highest BCUT2D eigenvalue weighted by atomic mass is 79.9. The summed E-state index contributed by atoms with van der Waals surface area (Å²) in [6.45, 7) is 1.88. The van der Waals surface area contributed by atoms with Crippen molar-refractivity contribution in [1.82, 2.24) is 4.98 Å². The van der Waals surface area contributed by atoms with Crippen LogP contribution in [0.25, 0.3) is 0 Å². The smallest absolute Gasteiger partial charge is 0.417 e. The van der Waals surface area contributed by atoms with Crippen molar-refractivity contribution in [3.63, 3.8) is 0 Å². The molecule has 0 fully saturated rings.